The molecule has 0 aromatic heterocycles. The second-order valence-electron chi connectivity index (χ2n) is 17.8. The van der Waals surface area contributed by atoms with Crippen LogP contribution in [0.25, 0.3) is 0 Å². The first-order chi connectivity index (χ1) is 28.0. The molecule has 58 heavy (non-hydrogen) atoms. The van der Waals surface area contributed by atoms with E-state index in [0.717, 1.165) is 38.5 Å². The maximum absolute atomic E-state index is 12.7. The Morgan fingerprint density at radius 2 is 0.879 bits per heavy atom. The zero-order chi connectivity index (χ0) is 42.8. The summed E-state index contributed by atoms with van der Waals surface area (Å²) >= 11 is 0. The average molecular weight is 844 g/mol. The lowest BCUT2D eigenvalue weighted by molar-refractivity contribution is -0.870. The number of hydrogen-bond donors (Lipinski definition) is 0. The summed E-state index contributed by atoms with van der Waals surface area (Å²) in [5, 5.41) is 0. The molecule has 0 aliphatic carbocycles. The molecule has 0 spiro atoms. The standard InChI is InChI=1S/C48H94NO8P/c1-6-8-10-12-14-16-18-20-22-23-24-25-27-29-31-33-35-37-39-41-48(51)57-46(45-56-58(52,53)55-43-42-49(3,4)5)44-54-47(50)40-38-36-34-32-30-28-26-21-19-17-15-13-11-9-7-2/h20,22,46H,6-19,21,23-45H2,1-5H3/b22-20+/t46-/m1/s1. The molecule has 0 aliphatic rings. The van der Waals surface area contributed by atoms with Crippen LogP contribution in [0.1, 0.15) is 232 Å². The largest absolute Gasteiger partial charge is 0.756 e. The summed E-state index contributed by atoms with van der Waals surface area (Å²) < 4.78 is 34.0. The zero-order valence-corrected chi connectivity index (χ0v) is 39.7. The summed E-state index contributed by atoms with van der Waals surface area (Å²) in [4.78, 5) is 37.6. The Balaban J connectivity index is 4.26. The summed E-state index contributed by atoms with van der Waals surface area (Å²) in [7, 11) is 1.18. The van der Waals surface area contributed by atoms with Crippen molar-refractivity contribution in [1.29, 1.82) is 0 Å². The summed E-state index contributed by atoms with van der Waals surface area (Å²) in [6, 6.07) is 0. The van der Waals surface area contributed by atoms with Crippen molar-refractivity contribution in [2.45, 2.75) is 238 Å². The number of phosphoric acid groups is 1. The van der Waals surface area contributed by atoms with Gasteiger partial charge in [0, 0.05) is 12.8 Å². The van der Waals surface area contributed by atoms with Gasteiger partial charge in [0.15, 0.2) is 6.10 Å². The molecule has 0 aliphatic heterocycles. The van der Waals surface area contributed by atoms with E-state index in [1.54, 1.807) is 0 Å². The molecule has 0 heterocycles. The van der Waals surface area contributed by atoms with Gasteiger partial charge in [-0.1, -0.05) is 193 Å². The highest BCUT2D eigenvalue weighted by Gasteiger charge is 2.21. The summed E-state index contributed by atoms with van der Waals surface area (Å²) in [6.45, 7) is 4.26. The molecular weight excluding hydrogens is 750 g/mol. The average Bonchev–Trinajstić information content (AvgIpc) is 3.17. The number of carbonyl (C=O) groups excluding carboxylic acids is 2. The van der Waals surface area contributed by atoms with Crippen LogP contribution >= 0.6 is 7.82 Å². The van der Waals surface area contributed by atoms with Crippen LogP contribution in [0.2, 0.25) is 0 Å². The lowest BCUT2D eigenvalue weighted by Crippen LogP contribution is -2.37. The van der Waals surface area contributed by atoms with Gasteiger partial charge in [0.05, 0.1) is 27.7 Å². The van der Waals surface area contributed by atoms with E-state index in [4.69, 9.17) is 18.5 Å². The van der Waals surface area contributed by atoms with Gasteiger partial charge in [-0.15, -0.1) is 0 Å². The molecule has 10 heteroatoms. The number of hydrogen-bond acceptors (Lipinski definition) is 8. The number of nitrogens with zero attached hydrogens (tertiary/aromatic N) is 1. The molecular formula is C48H94NO8P. The summed E-state index contributed by atoms with van der Waals surface area (Å²) in [5.74, 6) is -0.823. The fraction of sp³-hybridized carbons (Fsp3) is 0.917. The van der Waals surface area contributed by atoms with E-state index in [-0.39, 0.29) is 32.0 Å². The van der Waals surface area contributed by atoms with Gasteiger partial charge in [-0.2, -0.15) is 0 Å². The van der Waals surface area contributed by atoms with E-state index in [2.05, 4.69) is 26.0 Å². The lowest BCUT2D eigenvalue weighted by atomic mass is 10.0. The third kappa shape index (κ3) is 44.3. The van der Waals surface area contributed by atoms with E-state index >= 15 is 0 Å². The predicted molar refractivity (Wildman–Crippen MR) is 241 cm³/mol. The minimum atomic E-state index is -4.62. The van der Waals surface area contributed by atoms with Crippen LogP contribution in [0.4, 0.5) is 0 Å². The minimum absolute atomic E-state index is 0.0278. The van der Waals surface area contributed by atoms with Gasteiger partial charge in [0.25, 0.3) is 7.82 Å². The molecule has 0 saturated heterocycles. The molecule has 344 valence electrons. The number of rotatable bonds is 45. The van der Waals surface area contributed by atoms with Crippen molar-refractivity contribution in [2.75, 3.05) is 47.5 Å². The van der Waals surface area contributed by atoms with E-state index in [1.807, 2.05) is 21.1 Å². The maximum Gasteiger partial charge on any atom is 0.306 e. The van der Waals surface area contributed by atoms with Gasteiger partial charge in [0.2, 0.25) is 0 Å². The Hall–Kier alpha value is -1.25. The fourth-order valence-corrected chi connectivity index (χ4v) is 7.67. The van der Waals surface area contributed by atoms with E-state index < -0.39 is 26.5 Å². The number of unbranched alkanes of at least 4 members (excludes halogenated alkanes) is 29. The van der Waals surface area contributed by atoms with Crippen molar-refractivity contribution in [3.63, 3.8) is 0 Å². The van der Waals surface area contributed by atoms with Crippen LogP contribution < -0.4 is 4.89 Å². The minimum Gasteiger partial charge on any atom is -0.756 e. The normalized spacial score (nSPS) is 13.6. The monoisotopic (exact) mass is 844 g/mol. The Labute approximate surface area is 358 Å². The van der Waals surface area contributed by atoms with Gasteiger partial charge < -0.3 is 27.9 Å². The molecule has 0 aromatic rings. The number of esters is 2. The lowest BCUT2D eigenvalue weighted by Gasteiger charge is -2.28. The molecule has 9 nitrogen and oxygen atoms in total. The van der Waals surface area contributed by atoms with Gasteiger partial charge in [0.1, 0.15) is 19.8 Å². The van der Waals surface area contributed by atoms with Crippen LogP contribution in [0.3, 0.4) is 0 Å². The van der Waals surface area contributed by atoms with Crippen molar-refractivity contribution < 1.29 is 42.1 Å². The molecule has 0 N–H and O–H groups in total. The molecule has 0 saturated carbocycles. The Kier molecular flexibility index (Phi) is 40.2. The molecule has 1 unspecified atom stereocenters. The van der Waals surface area contributed by atoms with Gasteiger partial charge in [-0.3, -0.25) is 14.2 Å². The zero-order valence-electron chi connectivity index (χ0n) is 38.8. The highest BCUT2D eigenvalue weighted by molar-refractivity contribution is 7.45. The molecule has 0 fully saturated rings. The number of ether oxygens (including phenoxy) is 2. The first-order valence-corrected chi connectivity index (χ1v) is 25.9. The molecule has 0 rings (SSSR count). The van der Waals surface area contributed by atoms with Crippen LogP contribution in [0.15, 0.2) is 12.2 Å². The van der Waals surface area contributed by atoms with Gasteiger partial charge >= 0.3 is 11.9 Å². The van der Waals surface area contributed by atoms with Crippen molar-refractivity contribution in [3.8, 4) is 0 Å². The van der Waals surface area contributed by atoms with Crippen LogP contribution in [-0.4, -0.2) is 70.0 Å². The number of quaternary nitrogens is 1. The van der Waals surface area contributed by atoms with Gasteiger partial charge in [-0.25, -0.2) is 0 Å². The van der Waals surface area contributed by atoms with Crippen molar-refractivity contribution in [3.05, 3.63) is 12.2 Å². The first-order valence-electron chi connectivity index (χ1n) is 24.4. The topological polar surface area (TPSA) is 111 Å². The van der Waals surface area contributed by atoms with Crippen molar-refractivity contribution in [1.82, 2.24) is 0 Å². The Morgan fingerprint density at radius 1 is 0.517 bits per heavy atom. The fourth-order valence-electron chi connectivity index (χ4n) is 6.95. The second kappa shape index (κ2) is 41.1. The molecule has 2 atom stereocenters. The number of allylic oxidation sites excluding steroid dienone is 2. The highest BCUT2D eigenvalue weighted by atomic mass is 31.2. The number of phosphoric ester groups is 1. The van der Waals surface area contributed by atoms with Crippen molar-refractivity contribution in [2.24, 2.45) is 0 Å². The van der Waals surface area contributed by atoms with E-state index in [9.17, 15) is 19.0 Å². The van der Waals surface area contributed by atoms with E-state index in [0.29, 0.717) is 17.4 Å². The van der Waals surface area contributed by atoms with Crippen LogP contribution in [0.5, 0.6) is 0 Å². The highest BCUT2D eigenvalue weighted by Crippen LogP contribution is 2.38. The Bertz CT molecular complexity index is 1000. The molecule has 0 bridgehead atoms. The number of likely N-dealkylation sites (N-methyl/N-ethyl adjacent to an activating group) is 1. The predicted octanol–water partition coefficient (Wildman–Crippen LogP) is 13.5. The smallest absolute Gasteiger partial charge is 0.306 e. The summed E-state index contributed by atoms with van der Waals surface area (Å²) in [5.41, 5.74) is 0. The van der Waals surface area contributed by atoms with Crippen LogP contribution in [-0.2, 0) is 32.7 Å². The Morgan fingerprint density at radius 3 is 1.28 bits per heavy atom. The molecule has 0 radical (unpaired) electrons. The van der Waals surface area contributed by atoms with E-state index in [1.165, 1.54) is 161 Å². The van der Waals surface area contributed by atoms with Crippen molar-refractivity contribution >= 4 is 19.8 Å². The summed E-state index contributed by atoms with van der Waals surface area (Å²) in [6.07, 6.45) is 43.7. The second-order valence-corrected chi connectivity index (χ2v) is 19.2. The quantitative estimate of drug-likeness (QED) is 0.0196. The van der Waals surface area contributed by atoms with Gasteiger partial charge in [-0.05, 0) is 38.5 Å². The third-order valence-corrected chi connectivity index (χ3v) is 11.7. The third-order valence-electron chi connectivity index (χ3n) is 10.8. The first kappa shape index (κ1) is 56.8. The number of carbonyl (C=O) groups is 2. The molecule has 0 amide bonds. The molecule has 0 aromatic carbocycles. The SMILES string of the molecule is CCCCCCCC/C=C/CCCCCCCCCCCC(=O)O[C@H](COC(=O)CCCCCCCCCCCCCCCCC)COP(=O)([O-])OCC[N+](C)(C)C. The maximum atomic E-state index is 12.7. The van der Waals surface area contributed by atoms with Crippen LogP contribution in [0, 0.1) is 0 Å².